The van der Waals surface area contributed by atoms with E-state index in [1.807, 2.05) is 24.3 Å². The van der Waals surface area contributed by atoms with Crippen LogP contribution in [0.4, 0.5) is 0 Å². The van der Waals surface area contributed by atoms with Crippen molar-refractivity contribution in [2.75, 3.05) is 13.1 Å². The molecule has 1 aromatic heterocycles. The van der Waals surface area contributed by atoms with Crippen LogP contribution in [0.2, 0.25) is 5.02 Å². The Balaban J connectivity index is 1.70. The van der Waals surface area contributed by atoms with Gasteiger partial charge in [-0.25, -0.2) is 4.98 Å². The van der Waals surface area contributed by atoms with Gasteiger partial charge in [0.25, 0.3) is 0 Å². The number of piperidine rings is 1. The minimum atomic E-state index is 0.246. The quantitative estimate of drug-likeness (QED) is 0.946. The molecule has 0 spiro atoms. The predicted octanol–water partition coefficient (Wildman–Crippen LogP) is 3.16. The van der Waals surface area contributed by atoms with E-state index >= 15 is 0 Å². The van der Waals surface area contributed by atoms with Crippen molar-refractivity contribution in [1.29, 1.82) is 0 Å². The van der Waals surface area contributed by atoms with Crippen LogP contribution in [0.25, 0.3) is 11.3 Å². The number of benzene rings is 1. The second kappa shape index (κ2) is 6.18. The fourth-order valence-corrected chi connectivity index (χ4v) is 3.18. The highest BCUT2D eigenvalue weighted by Gasteiger charge is 2.23. The molecule has 1 fully saturated rings. The Morgan fingerprint density at radius 1 is 1.43 bits per heavy atom. The SMILES string of the molecule is CC1CC(N)CN(Cc2ncc(-c3cccc(Cl)c3)o2)C1. The normalized spacial score (nSPS) is 23.4. The first-order valence-electron chi connectivity index (χ1n) is 7.28. The highest BCUT2D eigenvalue weighted by molar-refractivity contribution is 6.30. The molecule has 0 amide bonds. The standard InChI is InChI=1S/C16H20ClN3O/c1-11-5-14(18)9-20(8-11)10-16-19-7-15(21-16)12-3-2-4-13(17)6-12/h2-4,6-7,11,14H,5,8-10,18H2,1H3. The van der Waals surface area contributed by atoms with Gasteiger partial charge in [0.05, 0.1) is 12.7 Å². The van der Waals surface area contributed by atoms with Crippen molar-refractivity contribution in [2.45, 2.75) is 25.9 Å². The molecule has 1 aromatic carbocycles. The Morgan fingerprint density at radius 3 is 3.05 bits per heavy atom. The molecule has 0 saturated carbocycles. The van der Waals surface area contributed by atoms with E-state index in [2.05, 4.69) is 16.8 Å². The van der Waals surface area contributed by atoms with Crippen LogP contribution in [-0.4, -0.2) is 29.0 Å². The van der Waals surface area contributed by atoms with Gasteiger partial charge < -0.3 is 10.2 Å². The minimum absolute atomic E-state index is 0.246. The fourth-order valence-electron chi connectivity index (χ4n) is 2.99. The molecule has 0 aliphatic carbocycles. The number of oxazole rings is 1. The van der Waals surface area contributed by atoms with Gasteiger partial charge in [-0.05, 0) is 24.5 Å². The van der Waals surface area contributed by atoms with Crippen molar-refractivity contribution in [1.82, 2.24) is 9.88 Å². The molecule has 1 aliphatic heterocycles. The van der Waals surface area contributed by atoms with Gasteiger partial charge in [0.2, 0.25) is 5.89 Å². The molecule has 2 atom stereocenters. The lowest BCUT2D eigenvalue weighted by Gasteiger charge is -2.33. The first-order chi connectivity index (χ1) is 10.1. The zero-order valence-electron chi connectivity index (χ0n) is 12.1. The lowest BCUT2D eigenvalue weighted by molar-refractivity contribution is 0.146. The van der Waals surface area contributed by atoms with Crippen LogP contribution in [0.5, 0.6) is 0 Å². The second-order valence-corrected chi connectivity index (χ2v) is 6.36. The van der Waals surface area contributed by atoms with Crippen LogP contribution >= 0.6 is 11.6 Å². The van der Waals surface area contributed by atoms with E-state index in [4.69, 9.17) is 21.8 Å². The van der Waals surface area contributed by atoms with Gasteiger partial charge in [0.1, 0.15) is 0 Å². The van der Waals surface area contributed by atoms with E-state index in [9.17, 15) is 0 Å². The summed E-state index contributed by atoms with van der Waals surface area (Å²) in [5, 5.41) is 0.696. The van der Waals surface area contributed by atoms with E-state index in [-0.39, 0.29) is 6.04 Å². The van der Waals surface area contributed by atoms with Crippen LogP contribution < -0.4 is 5.73 Å². The van der Waals surface area contributed by atoms with Crippen molar-refractivity contribution in [3.05, 3.63) is 41.4 Å². The summed E-state index contributed by atoms with van der Waals surface area (Å²) in [5.41, 5.74) is 7.02. The number of rotatable bonds is 3. The smallest absolute Gasteiger partial charge is 0.209 e. The fraction of sp³-hybridized carbons (Fsp3) is 0.438. The van der Waals surface area contributed by atoms with Crippen molar-refractivity contribution >= 4 is 11.6 Å². The summed E-state index contributed by atoms with van der Waals surface area (Å²) >= 11 is 6.01. The average Bonchev–Trinajstić information content (AvgIpc) is 2.86. The number of halogens is 1. The molecule has 0 bridgehead atoms. The van der Waals surface area contributed by atoms with Gasteiger partial charge in [-0.15, -0.1) is 0 Å². The molecule has 112 valence electrons. The number of nitrogens with two attached hydrogens (primary N) is 1. The number of hydrogen-bond acceptors (Lipinski definition) is 4. The summed E-state index contributed by atoms with van der Waals surface area (Å²) in [7, 11) is 0. The number of likely N-dealkylation sites (tertiary alicyclic amines) is 1. The summed E-state index contributed by atoms with van der Waals surface area (Å²) in [6.45, 7) is 4.89. The number of hydrogen-bond donors (Lipinski definition) is 1. The maximum absolute atomic E-state index is 6.07. The van der Waals surface area contributed by atoms with Crippen molar-refractivity contribution in [3.8, 4) is 11.3 Å². The summed E-state index contributed by atoms with van der Waals surface area (Å²) in [5.74, 6) is 2.10. The Morgan fingerprint density at radius 2 is 2.29 bits per heavy atom. The Labute approximate surface area is 129 Å². The summed E-state index contributed by atoms with van der Waals surface area (Å²) in [6, 6.07) is 7.85. The highest BCUT2D eigenvalue weighted by Crippen LogP contribution is 2.24. The van der Waals surface area contributed by atoms with Crippen LogP contribution in [-0.2, 0) is 6.54 Å². The molecule has 5 heteroatoms. The molecular formula is C16H20ClN3O. The molecular weight excluding hydrogens is 286 g/mol. The van der Waals surface area contributed by atoms with E-state index in [1.165, 1.54) is 0 Å². The first kappa shape index (κ1) is 14.6. The number of aromatic nitrogens is 1. The maximum Gasteiger partial charge on any atom is 0.209 e. The molecule has 2 aromatic rings. The third kappa shape index (κ3) is 3.64. The van der Waals surface area contributed by atoms with Crippen molar-refractivity contribution in [3.63, 3.8) is 0 Å². The van der Waals surface area contributed by atoms with Crippen LogP contribution in [0, 0.1) is 5.92 Å². The lowest BCUT2D eigenvalue weighted by Crippen LogP contribution is -2.45. The molecule has 3 rings (SSSR count). The topological polar surface area (TPSA) is 55.3 Å². The van der Waals surface area contributed by atoms with Gasteiger partial charge in [-0.1, -0.05) is 30.7 Å². The van der Waals surface area contributed by atoms with E-state index in [1.54, 1.807) is 6.20 Å². The van der Waals surface area contributed by atoms with E-state index < -0.39 is 0 Å². The highest BCUT2D eigenvalue weighted by atomic mass is 35.5. The third-order valence-electron chi connectivity index (χ3n) is 3.79. The zero-order valence-corrected chi connectivity index (χ0v) is 12.9. The largest absolute Gasteiger partial charge is 0.439 e. The molecule has 1 aliphatic rings. The van der Waals surface area contributed by atoms with Gasteiger partial charge in [0.15, 0.2) is 5.76 Å². The summed E-state index contributed by atoms with van der Waals surface area (Å²) < 4.78 is 5.85. The third-order valence-corrected chi connectivity index (χ3v) is 4.02. The van der Waals surface area contributed by atoms with E-state index in [0.717, 1.165) is 36.7 Å². The first-order valence-corrected chi connectivity index (χ1v) is 7.66. The van der Waals surface area contributed by atoms with Crippen LogP contribution in [0.3, 0.4) is 0 Å². The van der Waals surface area contributed by atoms with Crippen molar-refractivity contribution < 1.29 is 4.42 Å². The molecule has 2 unspecified atom stereocenters. The molecule has 2 N–H and O–H groups in total. The molecule has 4 nitrogen and oxygen atoms in total. The lowest BCUT2D eigenvalue weighted by atomic mass is 9.97. The van der Waals surface area contributed by atoms with Gasteiger partial charge in [-0.3, -0.25) is 4.90 Å². The Kier molecular flexibility index (Phi) is 4.29. The average molecular weight is 306 g/mol. The zero-order chi connectivity index (χ0) is 14.8. The van der Waals surface area contributed by atoms with E-state index in [0.29, 0.717) is 17.5 Å². The second-order valence-electron chi connectivity index (χ2n) is 5.92. The monoisotopic (exact) mass is 305 g/mol. The Bertz CT molecular complexity index is 603. The van der Waals surface area contributed by atoms with Crippen LogP contribution in [0.1, 0.15) is 19.2 Å². The van der Waals surface area contributed by atoms with Gasteiger partial charge in [-0.2, -0.15) is 0 Å². The Hall–Kier alpha value is -1.36. The van der Waals surface area contributed by atoms with Gasteiger partial charge in [0, 0.05) is 29.7 Å². The molecule has 21 heavy (non-hydrogen) atoms. The number of nitrogens with zero attached hydrogens (tertiary/aromatic N) is 2. The van der Waals surface area contributed by atoms with Gasteiger partial charge >= 0.3 is 0 Å². The van der Waals surface area contributed by atoms with Crippen LogP contribution in [0.15, 0.2) is 34.9 Å². The molecule has 1 saturated heterocycles. The predicted molar refractivity (Wildman–Crippen MR) is 84.0 cm³/mol. The summed E-state index contributed by atoms with van der Waals surface area (Å²) in [4.78, 5) is 6.69. The van der Waals surface area contributed by atoms with Crippen molar-refractivity contribution in [2.24, 2.45) is 11.7 Å². The summed E-state index contributed by atoms with van der Waals surface area (Å²) in [6.07, 6.45) is 2.85. The molecule has 0 radical (unpaired) electrons. The minimum Gasteiger partial charge on any atom is -0.439 e. The molecule has 2 heterocycles. The maximum atomic E-state index is 6.07.